The Kier molecular flexibility index (Phi) is 3.27. The van der Waals surface area contributed by atoms with Crippen molar-refractivity contribution in [2.45, 2.75) is 19.0 Å². The van der Waals surface area contributed by atoms with Gasteiger partial charge in [-0.05, 0) is 21.0 Å². The fourth-order valence-electron chi connectivity index (χ4n) is 1.73. The molecule has 1 amide bonds. The Bertz CT molecular complexity index is 195. The van der Waals surface area contributed by atoms with Gasteiger partial charge in [0.15, 0.2) is 0 Å². The smallest absolute Gasteiger partial charge is 0.238 e. The second-order valence-electron chi connectivity index (χ2n) is 3.86. The average Bonchev–Trinajstić information content (AvgIpc) is 2.10. The molecule has 4 nitrogen and oxygen atoms in total. The van der Waals surface area contributed by atoms with Crippen molar-refractivity contribution in [1.29, 1.82) is 0 Å². The van der Waals surface area contributed by atoms with Crippen LogP contribution in [0, 0.1) is 0 Å². The van der Waals surface area contributed by atoms with E-state index in [-0.39, 0.29) is 11.9 Å². The first kappa shape index (κ1) is 10.5. The molecular formula is C9H19N3O. The van der Waals surface area contributed by atoms with E-state index < -0.39 is 0 Å². The number of rotatable bonds is 1. The Hall–Kier alpha value is -0.610. The van der Waals surface area contributed by atoms with Gasteiger partial charge in [-0.2, -0.15) is 0 Å². The predicted molar refractivity (Wildman–Crippen MR) is 52.6 cm³/mol. The summed E-state index contributed by atoms with van der Waals surface area (Å²) in [5.74, 6) is 0.112. The van der Waals surface area contributed by atoms with Crippen LogP contribution in [0.1, 0.15) is 6.92 Å². The van der Waals surface area contributed by atoms with E-state index in [0.29, 0.717) is 6.04 Å². The van der Waals surface area contributed by atoms with Crippen LogP contribution in [0.25, 0.3) is 0 Å². The third kappa shape index (κ3) is 2.19. The summed E-state index contributed by atoms with van der Waals surface area (Å²) in [6.45, 7) is 3.95. The molecule has 1 aliphatic rings. The van der Waals surface area contributed by atoms with Gasteiger partial charge in [-0.15, -0.1) is 0 Å². The number of likely N-dealkylation sites (N-methyl/N-ethyl adjacent to an activating group) is 3. The van der Waals surface area contributed by atoms with E-state index >= 15 is 0 Å². The van der Waals surface area contributed by atoms with E-state index in [4.69, 9.17) is 0 Å². The van der Waals surface area contributed by atoms with Crippen molar-refractivity contribution in [1.82, 2.24) is 15.1 Å². The highest BCUT2D eigenvalue weighted by Gasteiger charge is 2.31. The molecule has 0 bridgehead atoms. The highest BCUT2D eigenvalue weighted by Crippen LogP contribution is 2.11. The molecule has 1 fully saturated rings. The maximum Gasteiger partial charge on any atom is 0.238 e. The number of piperazine rings is 1. The van der Waals surface area contributed by atoms with Crippen molar-refractivity contribution in [3.63, 3.8) is 0 Å². The summed E-state index contributed by atoms with van der Waals surface area (Å²) in [5.41, 5.74) is 0. The lowest BCUT2D eigenvalue weighted by Gasteiger charge is -2.40. The van der Waals surface area contributed by atoms with Gasteiger partial charge in [-0.3, -0.25) is 9.69 Å². The van der Waals surface area contributed by atoms with Gasteiger partial charge in [0.1, 0.15) is 6.04 Å². The van der Waals surface area contributed by atoms with Crippen molar-refractivity contribution in [2.75, 3.05) is 34.2 Å². The van der Waals surface area contributed by atoms with E-state index in [1.54, 1.807) is 7.05 Å². The number of amides is 1. The van der Waals surface area contributed by atoms with Crippen LogP contribution in [-0.2, 0) is 4.79 Å². The first-order valence-corrected chi connectivity index (χ1v) is 4.68. The van der Waals surface area contributed by atoms with Gasteiger partial charge >= 0.3 is 0 Å². The topological polar surface area (TPSA) is 35.6 Å². The molecule has 0 aromatic carbocycles. The van der Waals surface area contributed by atoms with Gasteiger partial charge in [0.25, 0.3) is 0 Å². The van der Waals surface area contributed by atoms with E-state index in [1.165, 1.54) is 0 Å². The van der Waals surface area contributed by atoms with Gasteiger partial charge in [-0.1, -0.05) is 0 Å². The zero-order chi connectivity index (χ0) is 10.0. The maximum atomic E-state index is 11.5. The van der Waals surface area contributed by atoms with Crippen LogP contribution in [0.4, 0.5) is 0 Å². The molecule has 1 N–H and O–H groups in total. The summed E-state index contributed by atoms with van der Waals surface area (Å²) >= 11 is 0. The van der Waals surface area contributed by atoms with E-state index in [0.717, 1.165) is 13.1 Å². The van der Waals surface area contributed by atoms with E-state index in [1.807, 2.05) is 7.05 Å². The van der Waals surface area contributed by atoms with Crippen molar-refractivity contribution < 1.29 is 4.79 Å². The third-order valence-electron chi connectivity index (χ3n) is 2.85. The quantitative estimate of drug-likeness (QED) is 0.439. The van der Waals surface area contributed by atoms with Crippen LogP contribution in [0.15, 0.2) is 0 Å². The summed E-state index contributed by atoms with van der Waals surface area (Å²) in [6.07, 6.45) is 0. The van der Waals surface area contributed by atoms with Crippen molar-refractivity contribution in [3.8, 4) is 0 Å². The monoisotopic (exact) mass is 188 g/mol. The van der Waals surface area contributed by atoms with Crippen molar-refractivity contribution in [2.24, 2.45) is 0 Å². The molecule has 2 unspecified atom stereocenters. The van der Waals surface area contributed by atoms with Crippen molar-refractivity contribution in [3.05, 3.63) is 0 Å². The highest BCUT2D eigenvalue weighted by molar-refractivity contribution is 5.81. The Labute approximate surface area is 79.9 Å². The largest absolute Gasteiger partial charge is 0.358 e. The van der Waals surface area contributed by atoms with Crippen molar-refractivity contribution >= 4 is 5.91 Å². The van der Waals surface area contributed by atoms with Gasteiger partial charge in [-0.25, -0.2) is 0 Å². The van der Waals surface area contributed by atoms with Crippen LogP contribution >= 0.6 is 0 Å². The summed E-state index contributed by atoms with van der Waals surface area (Å²) < 4.78 is 0. The molecule has 1 aliphatic heterocycles. The Morgan fingerprint density at radius 1 is 1.31 bits per heavy atom. The maximum absolute atomic E-state index is 11.5. The summed E-state index contributed by atoms with van der Waals surface area (Å²) in [4.78, 5) is 15.8. The fraction of sp³-hybridized carbons (Fsp3) is 0.889. The molecule has 4 heteroatoms. The second-order valence-corrected chi connectivity index (χ2v) is 3.86. The number of nitrogens with zero attached hydrogens (tertiary/aromatic N) is 2. The van der Waals surface area contributed by atoms with Crippen LogP contribution in [0.2, 0.25) is 0 Å². The number of nitrogens with one attached hydrogen (secondary N) is 1. The lowest BCUT2D eigenvalue weighted by atomic mass is 10.2. The van der Waals surface area contributed by atoms with Gasteiger partial charge in [0, 0.05) is 26.2 Å². The fourth-order valence-corrected chi connectivity index (χ4v) is 1.73. The first-order chi connectivity index (χ1) is 6.06. The highest BCUT2D eigenvalue weighted by atomic mass is 16.3. The standard InChI is InChI=1S/C9H19N3O/c1-7-5-12(4)8(6-11(7)3)9(13)10-2/h7-8H,5-6H2,1-4H3,(H,10,13)/i2+1,9+1,10+1. The zero-order valence-corrected chi connectivity index (χ0v) is 8.87. The first-order valence-electron chi connectivity index (χ1n) is 4.68. The van der Waals surface area contributed by atoms with Crippen LogP contribution in [0.3, 0.4) is 0 Å². The SMILES string of the molecule is CC1CN(C)C([13C](=O)[15NH][13CH3])CN1C. The van der Waals surface area contributed by atoms with E-state index in [9.17, 15) is 4.79 Å². The molecule has 0 aliphatic carbocycles. The number of carbonyl (C=O) groups is 1. The van der Waals surface area contributed by atoms with Gasteiger partial charge in [0.05, 0.1) is 0 Å². The lowest BCUT2D eigenvalue weighted by Crippen LogP contribution is -2.59. The second kappa shape index (κ2) is 4.07. The lowest BCUT2D eigenvalue weighted by molar-refractivity contribution is -0.128. The summed E-state index contributed by atoms with van der Waals surface area (Å²) in [7, 11) is 5.76. The van der Waals surface area contributed by atoms with Crippen LogP contribution in [0.5, 0.6) is 0 Å². The van der Waals surface area contributed by atoms with Crippen LogP contribution in [-0.4, -0.2) is 62.0 Å². The molecule has 1 heterocycles. The molecule has 0 aromatic heterocycles. The number of carbonyl (C=O) groups excluding carboxylic acids is 1. The van der Waals surface area contributed by atoms with E-state index in [2.05, 4.69) is 29.1 Å². The average molecular weight is 188 g/mol. The molecule has 0 saturated carbocycles. The molecule has 13 heavy (non-hydrogen) atoms. The summed E-state index contributed by atoms with van der Waals surface area (Å²) in [6, 6.07) is 0.539. The molecule has 0 aromatic rings. The minimum Gasteiger partial charge on any atom is -0.358 e. The molecular weight excluding hydrogens is 169 g/mol. The Morgan fingerprint density at radius 2 is 1.92 bits per heavy atom. The predicted octanol–water partition coefficient (Wildman–Crippen LogP) is -0.633. The molecule has 1 rings (SSSR count). The third-order valence-corrected chi connectivity index (χ3v) is 2.85. The molecule has 1 saturated heterocycles. The zero-order valence-electron chi connectivity index (χ0n) is 8.87. The molecule has 2 atom stereocenters. The minimum absolute atomic E-state index is 0.00574. The normalized spacial score (nSPS) is 31.7. The number of hydrogen-bond donors (Lipinski definition) is 1. The van der Waals surface area contributed by atoms with Gasteiger partial charge in [0.2, 0.25) is 5.91 Å². The molecule has 0 radical (unpaired) electrons. The van der Waals surface area contributed by atoms with Gasteiger partial charge < -0.3 is 10.2 Å². The molecule has 76 valence electrons. The van der Waals surface area contributed by atoms with Crippen LogP contribution < -0.4 is 5.32 Å². The minimum atomic E-state index is 0.00574. The Morgan fingerprint density at radius 3 is 2.46 bits per heavy atom. The molecule has 0 spiro atoms. The summed E-state index contributed by atoms with van der Waals surface area (Å²) in [5, 5.41) is 2.69. The number of hydrogen-bond acceptors (Lipinski definition) is 3. The Balaban J connectivity index is 2.61.